The van der Waals surface area contributed by atoms with Crippen LogP contribution >= 0.6 is 22.7 Å². The summed E-state index contributed by atoms with van der Waals surface area (Å²) in [6.45, 7) is 3.60. The number of fused-ring (bicyclic) bond motifs is 7. The van der Waals surface area contributed by atoms with E-state index in [1.165, 1.54) is 29.6 Å². The predicted octanol–water partition coefficient (Wildman–Crippen LogP) is 8.47. The van der Waals surface area contributed by atoms with E-state index in [-0.39, 0.29) is 11.6 Å². The van der Waals surface area contributed by atoms with Gasteiger partial charge in [0.1, 0.15) is 11.6 Å². The number of thiophene rings is 2. The molecule has 0 amide bonds. The van der Waals surface area contributed by atoms with Crippen LogP contribution in [0.3, 0.4) is 0 Å². The highest BCUT2D eigenvalue weighted by molar-refractivity contribution is 7.36. The maximum atomic E-state index is 14.0. The lowest BCUT2D eigenvalue weighted by atomic mass is 10.0. The number of rotatable bonds is 0. The fraction of sp³-hybridized carbons (Fsp3) is 0.0833. The molecule has 0 aliphatic carbocycles. The van der Waals surface area contributed by atoms with E-state index in [1.54, 1.807) is 48.7 Å². The molecule has 6 aromatic rings. The van der Waals surface area contributed by atoms with Crippen LogP contribution in [0.4, 0.5) is 8.78 Å². The highest BCUT2D eigenvalue weighted by Crippen LogP contribution is 2.46. The zero-order valence-corrected chi connectivity index (χ0v) is 16.8. The normalized spacial score (nSPS) is 12.3. The minimum atomic E-state index is -0.162. The maximum Gasteiger partial charge on any atom is 0.126 e. The Hall–Kier alpha value is -2.56. The summed E-state index contributed by atoms with van der Waals surface area (Å²) < 4.78 is 32.8. The van der Waals surface area contributed by atoms with Gasteiger partial charge in [0.15, 0.2) is 0 Å². The molecule has 0 saturated heterocycles. The van der Waals surface area contributed by atoms with Crippen LogP contribution in [-0.4, -0.2) is 0 Å². The second kappa shape index (κ2) is 5.49. The molecule has 0 nitrogen and oxygen atoms in total. The molecular weight excluding hydrogens is 390 g/mol. The van der Waals surface area contributed by atoms with Crippen molar-refractivity contribution in [3.05, 3.63) is 71.3 Å². The van der Waals surface area contributed by atoms with Crippen LogP contribution < -0.4 is 0 Å². The third-order valence-electron chi connectivity index (χ3n) is 5.55. The Kier molecular flexibility index (Phi) is 3.22. The SMILES string of the molecule is Cc1cc2cc3c(cc2cc1F)sc1c2cc4cc(C)c(F)cc4cc2sc31. The van der Waals surface area contributed by atoms with Gasteiger partial charge in [0, 0.05) is 20.2 Å². The van der Waals surface area contributed by atoms with E-state index in [2.05, 4.69) is 24.3 Å². The molecule has 0 saturated carbocycles. The van der Waals surface area contributed by atoms with E-state index >= 15 is 0 Å². The first-order valence-corrected chi connectivity index (χ1v) is 10.7. The second-order valence-corrected chi connectivity index (χ2v) is 9.56. The molecule has 0 atom stereocenters. The molecule has 28 heavy (non-hydrogen) atoms. The van der Waals surface area contributed by atoms with Gasteiger partial charge in [-0.25, -0.2) is 8.78 Å². The Morgan fingerprint density at radius 3 is 1.36 bits per heavy atom. The molecule has 0 fully saturated rings. The van der Waals surface area contributed by atoms with Gasteiger partial charge >= 0.3 is 0 Å². The van der Waals surface area contributed by atoms with Crippen molar-refractivity contribution in [1.29, 1.82) is 0 Å². The molecule has 0 aliphatic heterocycles. The van der Waals surface area contributed by atoms with E-state index in [9.17, 15) is 8.78 Å². The first-order chi connectivity index (χ1) is 13.5. The van der Waals surface area contributed by atoms with Crippen molar-refractivity contribution in [2.75, 3.05) is 0 Å². The summed E-state index contributed by atoms with van der Waals surface area (Å²) in [5.74, 6) is -0.325. The third-order valence-corrected chi connectivity index (χ3v) is 8.05. The molecule has 0 aliphatic rings. The van der Waals surface area contributed by atoms with Crippen molar-refractivity contribution < 1.29 is 8.78 Å². The third kappa shape index (κ3) is 2.19. The van der Waals surface area contributed by atoms with Gasteiger partial charge in [0.2, 0.25) is 0 Å². The van der Waals surface area contributed by atoms with Gasteiger partial charge < -0.3 is 0 Å². The van der Waals surface area contributed by atoms with E-state index in [0.717, 1.165) is 21.5 Å². The number of aryl methyl sites for hydroxylation is 2. The minimum Gasteiger partial charge on any atom is -0.207 e. The summed E-state index contributed by atoms with van der Waals surface area (Å²) in [4.78, 5) is 0. The molecule has 0 bridgehead atoms. The molecule has 136 valence electrons. The summed E-state index contributed by atoms with van der Waals surface area (Å²) in [5, 5.41) is 6.42. The predicted molar refractivity (Wildman–Crippen MR) is 119 cm³/mol. The van der Waals surface area contributed by atoms with Gasteiger partial charge in [0.25, 0.3) is 0 Å². The van der Waals surface area contributed by atoms with Crippen LogP contribution in [0.15, 0.2) is 48.5 Å². The lowest BCUT2D eigenvalue weighted by molar-refractivity contribution is 0.620. The topological polar surface area (TPSA) is 0 Å². The average molecular weight is 405 g/mol. The fourth-order valence-electron chi connectivity index (χ4n) is 4.02. The van der Waals surface area contributed by atoms with Gasteiger partial charge in [0.05, 0.1) is 9.40 Å². The Morgan fingerprint density at radius 1 is 0.536 bits per heavy atom. The Labute approximate surface area is 167 Å². The molecule has 6 rings (SSSR count). The quantitative estimate of drug-likeness (QED) is 0.238. The number of benzene rings is 4. The highest BCUT2D eigenvalue weighted by Gasteiger charge is 2.15. The first-order valence-electron chi connectivity index (χ1n) is 9.06. The summed E-state index contributed by atoms with van der Waals surface area (Å²) in [5.41, 5.74) is 1.33. The smallest absolute Gasteiger partial charge is 0.126 e. The summed E-state index contributed by atoms with van der Waals surface area (Å²) in [6, 6.07) is 15.6. The van der Waals surface area contributed by atoms with Gasteiger partial charge in [-0.05, 0) is 95.1 Å². The van der Waals surface area contributed by atoms with Gasteiger partial charge in [-0.2, -0.15) is 0 Å². The Morgan fingerprint density at radius 2 is 0.929 bits per heavy atom. The van der Waals surface area contributed by atoms with Crippen molar-refractivity contribution in [3.63, 3.8) is 0 Å². The summed E-state index contributed by atoms with van der Waals surface area (Å²) in [7, 11) is 0. The summed E-state index contributed by atoms with van der Waals surface area (Å²) >= 11 is 3.51. The van der Waals surface area contributed by atoms with Crippen molar-refractivity contribution in [1.82, 2.24) is 0 Å². The summed E-state index contributed by atoms with van der Waals surface area (Å²) in [6.07, 6.45) is 0. The van der Waals surface area contributed by atoms with Crippen LogP contribution in [0.5, 0.6) is 0 Å². The molecule has 0 radical (unpaired) electrons. The van der Waals surface area contributed by atoms with E-state index in [4.69, 9.17) is 0 Å². The Balaban J connectivity index is 1.73. The second-order valence-electron chi connectivity index (χ2n) is 7.46. The van der Waals surface area contributed by atoms with Crippen molar-refractivity contribution in [3.8, 4) is 0 Å². The van der Waals surface area contributed by atoms with Gasteiger partial charge in [-0.15, -0.1) is 22.7 Å². The minimum absolute atomic E-state index is 0.162. The van der Waals surface area contributed by atoms with Crippen LogP contribution in [0, 0.1) is 25.5 Å². The molecule has 4 aromatic carbocycles. The fourth-order valence-corrected chi connectivity index (χ4v) is 6.72. The molecule has 0 N–H and O–H groups in total. The largest absolute Gasteiger partial charge is 0.207 e. The monoisotopic (exact) mass is 404 g/mol. The van der Waals surface area contributed by atoms with E-state index < -0.39 is 0 Å². The molecule has 0 spiro atoms. The average Bonchev–Trinajstić information content (AvgIpc) is 3.16. The molecule has 4 heteroatoms. The lowest BCUT2D eigenvalue weighted by Gasteiger charge is -2.03. The lowest BCUT2D eigenvalue weighted by Crippen LogP contribution is -1.82. The van der Waals surface area contributed by atoms with Crippen molar-refractivity contribution in [2.45, 2.75) is 13.8 Å². The van der Waals surface area contributed by atoms with Crippen LogP contribution in [0.1, 0.15) is 11.1 Å². The standard InChI is InChI=1S/C24H14F2S2/c1-11-3-13-5-17-21(9-15(13)7-19(11)25)27-24-18-6-14-4-12(2)20(26)8-16(14)10-22(18)28-23(17)24/h3-10H,1-2H3. The molecule has 2 aromatic heterocycles. The highest BCUT2D eigenvalue weighted by atomic mass is 32.1. The number of halogens is 2. The van der Waals surface area contributed by atoms with Crippen LogP contribution in [-0.2, 0) is 0 Å². The molecule has 0 unspecified atom stereocenters. The molecule has 2 heterocycles. The molecular formula is C24H14F2S2. The number of hydrogen-bond donors (Lipinski definition) is 0. The van der Waals surface area contributed by atoms with E-state index in [0.29, 0.717) is 11.1 Å². The zero-order chi connectivity index (χ0) is 19.2. The maximum absolute atomic E-state index is 14.0. The Bertz CT molecular complexity index is 1480. The van der Waals surface area contributed by atoms with Crippen molar-refractivity contribution >= 4 is 73.8 Å². The van der Waals surface area contributed by atoms with Gasteiger partial charge in [-0.1, -0.05) is 0 Å². The van der Waals surface area contributed by atoms with Crippen LogP contribution in [0.2, 0.25) is 0 Å². The van der Waals surface area contributed by atoms with E-state index in [1.807, 2.05) is 12.1 Å². The van der Waals surface area contributed by atoms with Crippen molar-refractivity contribution in [2.24, 2.45) is 0 Å². The first kappa shape index (κ1) is 16.4. The van der Waals surface area contributed by atoms with Gasteiger partial charge in [-0.3, -0.25) is 0 Å². The zero-order valence-electron chi connectivity index (χ0n) is 15.2. The van der Waals surface area contributed by atoms with Crippen LogP contribution in [0.25, 0.3) is 51.1 Å². The number of hydrogen-bond acceptors (Lipinski definition) is 2.